The van der Waals surface area contributed by atoms with Gasteiger partial charge in [-0.1, -0.05) is 29.8 Å². The fourth-order valence-corrected chi connectivity index (χ4v) is 2.67. The van der Waals surface area contributed by atoms with Crippen LogP contribution in [0.5, 0.6) is 0 Å². The van der Waals surface area contributed by atoms with Crippen LogP contribution in [0.1, 0.15) is 19.7 Å². The summed E-state index contributed by atoms with van der Waals surface area (Å²) < 4.78 is 8.94. The number of alkyl halides is 1. The van der Waals surface area contributed by atoms with Crippen molar-refractivity contribution in [2.75, 3.05) is 19.1 Å². The predicted octanol–water partition coefficient (Wildman–Crippen LogP) is 4.25. The molecule has 0 fully saturated rings. The molecule has 0 N–H and O–H groups in total. The Hall–Kier alpha value is -0.580. The molecule has 0 saturated heterocycles. The largest absolute Gasteiger partial charge is 0.379 e. The molecule has 0 saturated carbocycles. The van der Waals surface area contributed by atoms with Crippen LogP contribution in [0.25, 0.3) is 11.0 Å². The van der Waals surface area contributed by atoms with Gasteiger partial charge in [-0.05, 0) is 24.1 Å². The first kappa shape index (κ1) is 15.8. The maximum atomic E-state index is 5.88. The molecule has 2 aromatic rings. The molecule has 0 spiro atoms. The van der Waals surface area contributed by atoms with E-state index >= 15 is 0 Å². The zero-order valence-corrected chi connectivity index (χ0v) is 14.2. The van der Waals surface area contributed by atoms with Gasteiger partial charge in [0.2, 0.25) is 0 Å². The zero-order valence-electron chi connectivity index (χ0n) is 11.9. The van der Waals surface area contributed by atoms with Gasteiger partial charge in [-0.3, -0.25) is 0 Å². The van der Waals surface area contributed by atoms with Gasteiger partial charge in [0.15, 0.2) is 0 Å². The summed E-state index contributed by atoms with van der Waals surface area (Å²) in [6.07, 6.45) is 0.776. The molecular formula is C15H20BrClN2O. The number of imidazole rings is 1. The minimum Gasteiger partial charge on any atom is -0.379 e. The van der Waals surface area contributed by atoms with Gasteiger partial charge in [-0.25, -0.2) is 4.98 Å². The average molecular weight is 360 g/mol. The van der Waals surface area contributed by atoms with Gasteiger partial charge < -0.3 is 9.30 Å². The van der Waals surface area contributed by atoms with Crippen molar-refractivity contribution in [1.82, 2.24) is 9.55 Å². The van der Waals surface area contributed by atoms with Gasteiger partial charge in [0.25, 0.3) is 0 Å². The Morgan fingerprint density at radius 2 is 2.20 bits per heavy atom. The quantitative estimate of drug-likeness (QED) is 0.546. The Morgan fingerprint density at radius 1 is 1.40 bits per heavy atom. The molecule has 20 heavy (non-hydrogen) atoms. The third kappa shape index (κ3) is 3.96. The number of aryl methyl sites for hydroxylation is 1. The molecule has 1 heterocycles. The summed E-state index contributed by atoms with van der Waals surface area (Å²) >= 11 is 9.36. The number of hydrogen-bond acceptors (Lipinski definition) is 2. The lowest BCUT2D eigenvalue weighted by atomic mass is 10.2. The third-order valence-corrected chi connectivity index (χ3v) is 3.70. The summed E-state index contributed by atoms with van der Waals surface area (Å²) in [5.74, 6) is 2.17. The highest BCUT2D eigenvalue weighted by atomic mass is 79.9. The molecular weight excluding hydrogens is 340 g/mol. The summed E-state index contributed by atoms with van der Waals surface area (Å²) in [6.45, 7) is 6.63. The smallest absolute Gasteiger partial charge is 0.111 e. The fourth-order valence-electron chi connectivity index (χ4n) is 2.15. The van der Waals surface area contributed by atoms with Crippen LogP contribution >= 0.6 is 27.5 Å². The molecule has 0 amide bonds. The van der Waals surface area contributed by atoms with E-state index in [0.29, 0.717) is 18.4 Å². The summed E-state index contributed by atoms with van der Waals surface area (Å²) in [5.41, 5.74) is 2.14. The summed E-state index contributed by atoms with van der Waals surface area (Å²) in [7, 11) is 0. The van der Waals surface area contributed by atoms with Crippen LogP contribution in [0.2, 0.25) is 0 Å². The second-order valence-corrected chi connectivity index (χ2v) is 6.51. The Labute approximate surface area is 133 Å². The van der Waals surface area contributed by atoms with Crippen molar-refractivity contribution in [3.05, 3.63) is 28.5 Å². The average Bonchev–Trinajstić information content (AvgIpc) is 2.72. The zero-order chi connectivity index (χ0) is 14.5. The minimum absolute atomic E-state index is 0.563. The number of ether oxygens (including phenoxy) is 1. The summed E-state index contributed by atoms with van der Waals surface area (Å²) in [6, 6.07) is 6.17. The first-order valence-corrected chi connectivity index (χ1v) is 8.23. The molecule has 0 bridgehead atoms. The number of halogens is 2. The van der Waals surface area contributed by atoms with Crippen LogP contribution in [-0.2, 0) is 17.7 Å². The predicted molar refractivity (Wildman–Crippen MR) is 87.5 cm³/mol. The fraction of sp³-hybridized carbons (Fsp3) is 0.533. The van der Waals surface area contributed by atoms with E-state index in [9.17, 15) is 0 Å². The minimum atomic E-state index is 0.563. The van der Waals surface area contributed by atoms with Crippen LogP contribution in [0.3, 0.4) is 0 Å². The Kier molecular flexibility index (Phi) is 5.87. The Balaban J connectivity index is 2.17. The molecule has 110 valence electrons. The maximum absolute atomic E-state index is 5.88. The summed E-state index contributed by atoms with van der Waals surface area (Å²) in [4.78, 5) is 4.67. The van der Waals surface area contributed by atoms with Crippen LogP contribution < -0.4 is 0 Å². The molecule has 0 radical (unpaired) electrons. The lowest BCUT2D eigenvalue weighted by Crippen LogP contribution is -2.12. The monoisotopic (exact) mass is 358 g/mol. The molecule has 0 atom stereocenters. The molecule has 1 aromatic carbocycles. The van der Waals surface area contributed by atoms with E-state index in [-0.39, 0.29) is 0 Å². The number of benzene rings is 1. The van der Waals surface area contributed by atoms with Gasteiger partial charge in [0.1, 0.15) is 5.82 Å². The molecule has 2 rings (SSSR count). The highest BCUT2D eigenvalue weighted by Gasteiger charge is 2.10. The van der Waals surface area contributed by atoms with Crippen molar-refractivity contribution >= 4 is 38.6 Å². The van der Waals surface area contributed by atoms with Crippen LogP contribution in [0.4, 0.5) is 0 Å². The van der Waals surface area contributed by atoms with Crippen molar-refractivity contribution in [2.24, 2.45) is 5.92 Å². The first-order valence-electron chi connectivity index (χ1n) is 6.90. The van der Waals surface area contributed by atoms with Gasteiger partial charge in [-0.2, -0.15) is 0 Å². The number of rotatable bonds is 7. The number of nitrogens with zero attached hydrogens (tertiary/aromatic N) is 2. The molecule has 1 aromatic heterocycles. The van der Waals surface area contributed by atoms with Gasteiger partial charge in [0, 0.05) is 29.9 Å². The third-order valence-electron chi connectivity index (χ3n) is 3.02. The molecule has 0 unspecified atom stereocenters. The van der Waals surface area contributed by atoms with Crippen molar-refractivity contribution in [2.45, 2.75) is 26.8 Å². The molecule has 0 aliphatic rings. The van der Waals surface area contributed by atoms with Crippen LogP contribution in [-0.4, -0.2) is 28.6 Å². The molecule has 5 heteroatoms. The topological polar surface area (TPSA) is 27.1 Å². The Morgan fingerprint density at radius 3 is 2.90 bits per heavy atom. The highest BCUT2D eigenvalue weighted by Crippen LogP contribution is 2.21. The lowest BCUT2D eigenvalue weighted by molar-refractivity contribution is 0.103. The van der Waals surface area contributed by atoms with E-state index < -0.39 is 0 Å². The van der Waals surface area contributed by atoms with E-state index in [1.54, 1.807) is 0 Å². The van der Waals surface area contributed by atoms with Gasteiger partial charge in [-0.15, -0.1) is 11.6 Å². The van der Waals surface area contributed by atoms with E-state index in [1.807, 2.05) is 12.1 Å². The number of aromatic nitrogens is 2. The molecule has 3 nitrogen and oxygen atoms in total. The van der Waals surface area contributed by atoms with Gasteiger partial charge >= 0.3 is 0 Å². The van der Waals surface area contributed by atoms with Gasteiger partial charge in [0.05, 0.1) is 17.6 Å². The van der Waals surface area contributed by atoms with Crippen LogP contribution in [0, 0.1) is 5.92 Å². The van der Waals surface area contributed by atoms with Crippen molar-refractivity contribution < 1.29 is 4.74 Å². The second kappa shape index (κ2) is 7.43. The molecule has 0 aliphatic heterocycles. The SMILES string of the molecule is CC(C)COCCn1c(CCCl)nc2cc(Br)ccc21. The van der Waals surface area contributed by atoms with E-state index in [2.05, 4.69) is 45.4 Å². The highest BCUT2D eigenvalue weighted by molar-refractivity contribution is 9.10. The van der Waals surface area contributed by atoms with Crippen molar-refractivity contribution in [3.8, 4) is 0 Å². The lowest BCUT2D eigenvalue weighted by Gasteiger charge is -2.10. The standard InChI is InChI=1S/C15H20BrClN2O/c1-11(2)10-20-8-7-19-14-4-3-12(16)9-13(14)18-15(19)5-6-17/h3-4,9,11H,5-8,10H2,1-2H3. The van der Waals surface area contributed by atoms with E-state index in [0.717, 1.165) is 40.9 Å². The second-order valence-electron chi connectivity index (χ2n) is 5.22. The number of hydrogen-bond donors (Lipinski definition) is 0. The summed E-state index contributed by atoms with van der Waals surface area (Å²) in [5, 5.41) is 0. The van der Waals surface area contributed by atoms with Crippen LogP contribution in [0.15, 0.2) is 22.7 Å². The molecule has 0 aliphatic carbocycles. The normalized spacial score (nSPS) is 11.7. The Bertz CT molecular complexity index is 568. The number of fused-ring (bicyclic) bond motifs is 1. The van der Waals surface area contributed by atoms with E-state index in [1.165, 1.54) is 0 Å². The maximum Gasteiger partial charge on any atom is 0.111 e. The first-order chi connectivity index (χ1) is 9.61. The van der Waals surface area contributed by atoms with Crippen molar-refractivity contribution in [3.63, 3.8) is 0 Å². The van der Waals surface area contributed by atoms with Crippen molar-refractivity contribution in [1.29, 1.82) is 0 Å². The van der Waals surface area contributed by atoms with E-state index in [4.69, 9.17) is 16.3 Å².